The van der Waals surface area contributed by atoms with Gasteiger partial charge in [0.2, 0.25) is 0 Å². The molecule has 7 nitrogen and oxygen atoms in total. The summed E-state index contributed by atoms with van der Waals surface area (Å²) < 4.78 is 16.1. The number of aromatic nitrogens is 1. The summed E-state index contributed by atoms with van der Waals surface area (Å²) >= 11 is 0. The molecule has 1 heterocycles. The smallest absolute Gasteiger partial charge is 0.338 e. The predicted molar refractivity (Wildman–Crippen MR) is 102 cm³/mol. The fraction of sp³-hybridized carbons (Fsp3) is 0.476. The topological polar surface area (TPSA) is 90.7 Å². The van der Waals surface area contributed by atoms with Crippen LogP contribution in [0, 0.1) is 13.8 Å². The third-order valence-corrected chi connectivity index (χ3v) is 5.01. The molecule has 3 rings (SSSR count). The standard InChI is InChI=1S/C21H26N2O5/c1-13-19(14(2)28-23-13)12-26-18-10-8-16(9-11-18)21(25)27-15(3)20(24)22-17-6-4-5-7-17/h8-11,15,17H,4-7,12H2,1-3H3,(H,22,24)/t15-/m1/s1. The number of esters is 1. The number of carbonyl (C=O) groups is 2. The fourth-order valence-electron chi connectivity index (χ4n) is 3.22. The van der Waals surface area contributed by atoms with Crippen LogP contribution in [0.25, 0.3) is 0 Å². The predicted octanol–water partition coefficient (Wildman–Crippen LogP) is 3.47. The second-order valence-electron chi connectivity index (χ2n) is 7.15. The van der Waals surface area contributed by atoms with Crippen LogP contribution in [0.4, 0.5) is 0 Å². The second kappa shape index (κ2) is 8.91. The first-order valence-corrected chi connectivity index (χ1v) is 9.60. The summed E-state index contributed by atoms with van der Waals surface area (Å²) in [6, 6.07) is 6.82. The van der Waals surface area contributed by atoms with E-state index in [0.717, 1.165) is 42.7 Å². The molecule has 1 saturated carbocycles. The highest BCUT2D eigenvalue weighted by atomic mass is 16.5. The molecule has 1 amide bonds. The maximum atomic E-state index is 12.3. The molecule has 0 bridgehead atoms. The first kappa shape index (κ1) is 19.9. The van der Waals surface area contributed by atoms with Gasteiger partial charge in [-0.2, -0.15) is 0 Å². The normalized spacial score (nSPS) is 15.2. The highest BCUT2D eigenvalue weighted by Gasteiger charge is 2.23. The Balaban J connectivity index is 1.50. The Morgan fingerprint density at radius 1 is 1.21 bits per heavy atom. The Morgan fingerprint density at radius 2 is 1.89 bits per heavy atom. The van der Waals surface area contributed by atoms with Crippen molar-refractivity contribution in [3.63, 3.8) is 0 Å². The molecule has 1 N–H and O–H groups in total. The van der Waals surface area contributed by atoms with E-state index in [4.69, 9.17) is 14.0 Å². The molecular weight excluding hydrogens is 360 g/mol. The molecule has 1 aliphatic rings. The van der Waals surface area contributed by atoms with Crippen LogP contribution in [0.1, 0.15) is 60.0 Å². The minimum Gasteiger partial charge on any atom is -0.489 e. The average Bonchev–Trinajstić information content (AvgIpc) is 3.30. The molecule has 1 aromatic heterocycles. The van der Waals surface area contributed by atoms with Gasteiger partial charge in [-0.05, 0) is 57.9 Å². The van der Waals surface area contributed by atoms with Crippen molar-refractivity contribution in [3.8, 4) is 5.75 Å². The van der Waals surface area contributed by atoms with Crippen LogP contribution < -0.4 is 10.1 Å². The molecule has 0 spiro atoms. The third kappa shape index (κ3) is 4.91. The molecule has 1 aromatic carbocycles. The summed E-state index contributed by atoms with van der Waals surface area (Å²) in [5, 5.41) is 6.83. The Bertz CT molecular complexity index is 802. The number of aryl methyl sites for hydroxylation is 2. The van der Waals surface area contributed by atoms with E-state index in [2.05, 4.69) is 10.5 Å². The van der Waals surface area contributed by atoms with Crippen molar-refractivity contribution in [2.24, 2.45) is 0 Å². The lowest BCUT2D eigenvalue weighted by Gasteiger charge is -2.17. The maximum absolute atomic E-state index is 12.3. The zero-order valence-corrected chi connectivity index (χ0v) is 16.5. The van der Waals surface area contributed by atoms with Crippen LogP contribution in [-0.4, -0.2) is 29.2 Å². The molecule has 7 heteroatoms. The third-order valence-electron chi connectivity index (χ3n) is 5.01. The number of carbonyl (C=O) groups excluding carboxylic acids is 2. The van der Waals surface area contributed by atoms with E-state index in [-0.39, 0.29) is 11.9 Å². The Kier molecular flexibility index (Phi) is 6.34. The SMILES string of the molecule is Cc1noc(C)c1COc1ccc(C(=O)O[C@H](C)C(=O)NC2CCCC2)cc1. The van der Waals surface area contributed by atoms with E-state index in [0.29, 0.717) is 17.9 Å². The Hall–Kier alpha value is -2.83. The first-order valence-electron chi connectivity index (χ1n) is 9.60. The maximum Gasteiger partial charge on any atom is 0.338 e. The van der Waals surface area contributed by atoms with Crippen molar-refractivity contribution in [3.05, 3.63) is 46.8 Å². The Labute approximate surface area is 164 Å². The van der Waals surface area contributed by atoms with Crippen molar-refractivity contribution in [1.82, 2.24) is 10.5 Å². The number of hydrogen-bond donors (Lipinski definition) is 1. The summed E-state index contributed by atoms with van der Waals surface area (Å²) in [4.78, 5) is 24.4. The number of nitrogens with one attached hydrogen (secondary N) is 1. The van der Waals surface area contributed by atoms with Gasteiger partial charge in [0.1, 0.15) is 18.1 Å². The van der Waals surface area contributed by atoms with Crippen molar-refractivity contribution in [2.45, 2.75) is 65.2 Å². The summed E-state index contributed by atoms with van der Waals surface area (Å²) in [7, 11) is 0. The first-order chi connectivity index (χ1) is 13.4. The van der Waals surface area contributed by atoms with Crippen LogP contribution >= 0.6 is 0 Å². The zero-order valence-electron chi connectivity index (χ0n) is 16.5. The minimum atomic E-state index is -0.830. The Morgan fingerprint density at radius 3 is 2.50 bits per heavy atom. The van der Waals surface area contributed by atoms with Crippen molar-refractivity contribution < 1.29 is 23.6 Å². The van der Waals surface area contributed by atoms with Gasteiger partial charge in [-0.3, -0.25) is 4.79 Å². The average molecular weight is 386 g/mol. The molecule has 0 unspecified atom stereocenters. The van der Waals surface area contributed by atoms with Crippen LogP contribution in [0.2, 0.25) is 0 Å². The molecule has 2 aromatic rings. The highest BCUT2D eigenvalue weighted by Crippen LogP contribution is 2.19. The monoisotopic (exact) mass is 386 g/mol. The molecule has 1 aliphatic carbocycles. The molecule has 0 aliphatic heterocycles. The molecule has 150 valence electrons. The summed E-state index contributed by atoms with van der Waals surface area (Å²) in [5.74, 6) is 0.553. The minimum absolute atomic E-state index is 0.197. The fourth-order valence-corrected chi connectivity index (χ4v) is 3.22. The highest BCUT2D eigenvalue weighted by molar-refractivity contribution is 5.92. The number of rotatable bonds is 7. The van der Waals surface area contributed by atoms with E-state index >= 15 is 0 Å². The number of benzene rings is 1. The number of nitrogens with zero attached hydrogens (tertiary/aromatic N) is 1. The quantitative estimate of drug-likeness (QED) is 0.733. The van der Waals surface area contributed by atoms with E-state index in [9.17, 15) is 9.59 Å². The van der Waals surface area contributed by atoms with Crippen molar-refractivity contribution >= 4 is 11.9 Å². The van der Waals surface area contributed by atoms with E-state index in [1.54, 1.807) is 31.2 Å². The second-order valence-corrected chi connectivity index (χ2v) is 7.15. The van der Waals surface area contributed by atoms with Crippen LogP contribution in [-0.2, 0) is 16.1 Å². The van der Waals surface area contributed by atoms with Gasteiger partial charge in [0.25, 0.3) is 5.91 Å². The van der Waals surface area contributed by atoms with Gasteiger partial charge in [-0.15, -0.1) is 0 Å². The lowest BCUT2D eigenvalue weighted by atomic mass is 10.2. The lowest BCUT2D eigenvalue weighted by molar-refractivity contribution is -0.129. The van der Waals surface area contributed by atoms with Gasteiger partial charge in [-0.25, -0.2) is 4.79 Å². The van der Waals surface area contributed by atoms with Gasteiger partial charge >= 0.3 is 5.97 Å². The van der Waals surface area contributed by atoms with E-state index in [1.807, 2.05) is 13.8 Å². The van der Waals surface area contributed by atoms with Gasteiger partial charge in [-0.1, -0.05) is 18.0 Å². The number of ether oxygens (including phenoxy) is 2. The van der Waals surface area contributed by atoms with E-state index in [1.165, 1.54) is 0 Å². The van der Waals surface area contributed by atoms with Gasteiger partial charge in [0.05, 0.1) is 16.8 Å². The van der Waals surface area contributed by atoms with Crippen molar-refractivity contribution in [1.29, 1.82) is 0 Å². The van der Waals surface area contributed by atoms with Gasteiger partial charge in [0, 0.05) is 6.04 Å². The molecule has 1 atom stereocenters. The number of hydrogen-bond acceptors (Lipinski definition) is 6. The molecule has 1 fully saturated rings. The van der Waals surface area contributed by atoms with Gasteiger partial charge < -0.3 is 19.3 Å². The molecular formula is C21H26N2O5. The largest absolute Gasteiger partial charge is 0.489 e. The van der Waals surface area contributed by atoms with Crippen LogP contribution in [0.15, 0.2) is 28.8 Å². The van der Waals surface area contributed by atoms with Crippen LogP contribution in [0.5, 0.6) is 5.75 Å². The molecule has 0 saturated heterocycles. The number of amides is 1. The summed E-state index contributed by atoms with van der Waals surface area (Å²) in [6.07, 6.45) is 3.40. The van der Waals surface area contributed by atoms with E-state index < -0.39 is 12.1 Å². The lowest BCUT2D eigenvalue weighted by Crippen LogP contribution is -2.40. The van der Waals surface area contributed by atoms with Crippen molar-refractivity contribution in [2.75, 3.05) is 0 Å². The van der Waals surface area contributed by atoms with Gasteiger partial charge in [0.15, 0.2) is 6.10 Å². The molecule has 0 radical (unpaired) electrons. The summed E-state index contributed by atoms with van der Waals surface area (Å²) in [5.41, 5.74) is 2.07. The molecule has 28 heavy (non-hydrogen) atoms. The summed E-state index contributed by atoms with van der Waals surface area (Å²) in [6.45, 7) is 5.62. The van der Waals surface area contributed by atoms with Crippen LogP contribution in [0.3, 0.4) is 0 Å². The zero-order chi connectivity index (χ0) is 20.1.